The van der Waals surface area contributed by atoms with Crippen LogP contribution in [0.4, 0.5) is 0 Å². The summed E-state index contributed by atoms with van der Waals surface area (Å²) in [4.78, 5) is 0. The van der Waals surface area contributed by atoms with E-state index in [2.05, 4.69) is 39.1 Å². The van der Waals surface area contributed by atoms with Gasteiger partial charge < -0.3 is 0 Å². The summed E-state index contributed by atoms with van der Waals surface area (Å²) in [5.74, 6) is 0.784. The van der Waals surface area contributed by atoms with Crippen molar-refractivity contribution in [1.82, 2.24) is 8.75 Å². The zero-order chi connectivity index (χ0) is 14.2. The first-order valence-electron chi connectivity index (χ1n) is 6.33. The van der Waals surface area contributed by atoms with Gasteiger partial charge >= 0.3 is 21.1 Å². The minimum atomic E-state index is 0.687. The number of fused-ring (bicyclic) bond motifs is 2. The second-order valence-corrected chi connectivity index (χ2v) is 6.30. The highest BCUT2D eigenvalue weighted by Crippen LogP contribution is 2.27. The minimum absolute atomic E-state index is 0.687. The smallest absolute Gasteiger partial charge is 0.192 e. The molecule has 4 aromatic rings. The molecule has 0 saturated heterocycles. The van der Waals surface area contributed by atoms with Crippen LogP contribution in [0.1, 0.15) is 5.56 Å². The van der Waals surface area contributed by atoms with Gasteiger partial charge in [0.2, 0.25) is 5.82 Å². The van der Waals surface area contributed by atoms with E-state index in [1.165, 1.54) is 21.1 Å². The van der Waals surface area contributed by atoms with Crippen molar-refractivity contribution in [2.75, 3.05) is 0 Å². The Morgan fingerprint density at radius 1 is 0.905 bits per heavy atom. The monoisotopic (exact) mass is 306 g/mol. The maximum absolute atomic E-state index is 8.99. The largest absolute Gasteiger partial charge is 0.462 e. The third-order valence-corrected chi connectivity index (χ3v) is 4.67. The molecule has 0 aliphatic carbocycles. The third-order valence-electron chi connectivity index (χ3n) is 3.46. The summed E-state index contributed by atoms with van der Waals surface area (Å²) in [6, 6.07) is 18.4. The number of nitrogens with zero attached hydrogens (tertiary/aromatic N) is 3. The molecule has 21 heavy (non-hydrogen) atoms. The molecule has 0 amide bonds. The van der Waals surface area contributed by atoms with E-state index >= 15 is 0 Å². The average Bonchev–Trinajstić information content (AvgIpc) is 3.06. The maximum atomic E-state index is 8.99. The number of aromatic nitrogens is 2. The Morgan fingerprint density at radius 2 is 1.67 bits per heavy atom. The molecule has 0 N–H and O–H groups in total. The predicted octanol–water partition coefficient (Wildman–Crippen LogP) is 4.73. The van der Waals surface area contributed by atoms with Crippen LogP contribution in [0, 0.1) is 11.3 Å². The molecule has 0 radical (unpaired) electrons. The van der Waals surface area contributed by atoms with Gasteiger partial charge in [0.1, 0.15) is 0 Å². The highest BCUT2D eigenvalue weighted by Gasteiger charge is 2.10. The molecule has 0 fully saturated rings. The first-order chi connectivity index (χ1) is 10.3. The molecule has 3 nitrogen and oxygen atoms in total. The van der Waals surface area contributed by atoms with Crippen LogP contribution in [-0.2, 0) is 0 Å². The molecule has 0 spiro atoms. The van der Waals surface area contributed by atoms with E-state index in [0.29, 0.717) is 5.56 Å². The summed E-state index contributed by atoms with van der Waals surface area (Å²) in [5, 5.41) is 13.5. The second kappa shape index (κ2) is 4.85. The lowest BCUT2D eigenvalue weighted by atomic mass is 10.0. The van der Waals surface area contributed by atoms with E-state index in [0.717, 1.165) is 32.9 Å². The van der Waals surface area contributed by atoms with Gasteiger partial charge in [-0.25, -0.2) is 0 Å². The first-order valence-corrected chi connectivity index (χ1v) is 8.40. The molecule has 0 saturated carbocycles. The predicted molar refractivity (Wildman–Crippen MR) is 87.4 cm³/mol. The molecule has 0 aliphatic rings. The van der Waals surface area contributed by atoms with Gasteiger partial charge in [0, 0.05) is 5.56 Å². The van der Waals surface area contributed by atoms with Crippen LogP contribution in [0.25, 0.3) is 32.9 Å². The standard InChI is InChI=1S/C16H8N3S2/c17-9-10-1-2-11-7-15-8-13(16-18-20-21-19-16)4-3-12(15)6-14(11)5-10/h1-8H/q+1. The lowest BCUT2D eigenvalue weighted by Gasteiger charge is -2.04. The van der Waals surface area contributed by atoms with E-state index in [1.54, 1.807) is 0 Å². The van der Waals surface area contributed by atoms with Crippen molar-refractivity contribution in [1.29, 1.82) is 5.26 Å². The van der Waals surface area contributed by atoms with Gasteiger partial charge in [-0.15, -0.1) is 4.37 Å². The lowest BCUT2D eigenvalue weighted by Crippen LogP contribution is -1.82. The minimum Gasteiger partial charge on any atom is -0.192 e. The van der Waals surface area contributed by atoms with Crippen molar-refractivity contribution in [3.63, 3.8) is 0 Å². The highest BCUT2D eigenvalue weighted by atomic mass is 32.9. The number of rotatable bonds is 1. The van der Waals surface area contributed by atoms with E-state index < -0.39 is 0 Å². The van der Waals surface area contributed by atoms with Gasteiger partial charge in [0.05, 0.1) is 16.0 Å². The lowest BCUT2D eigenvalue weighted by molar-refractivity contribution is 1.39. The van der Waals surface area contributed by atoms with Gasteiger partial charge in [-0.05, 0) is 51.9 Å². The van der Waals surface area contributed by atoms with Crippen molar-refractivity contribution < 1.29 is 0 Å². The van der Waals surface area contributed by atoms with Gasteiger partial charge in [0.15, 0.2) is 0 Å². The normalized spacial score (nSPS) is 10.8. The molecule has 1 aromatic heterocycles. The summed E-state index contributed by atoms with van der Waals surface area (Å²) in [6.45, 7) is 0. The molecule has 0 unspecified atom stereocenters. The Kier molecular flexibility index (Phi) is 2.85. The van der Waals surface area contributed by atoms with Crippen LogP contribution in [0.2, 0.25) is 0 Å². The van der Waals surface area contributed by atoms with E-state index in [4.69, 9.17) is 5.26 Å². The van der Waals surface area contributed by atoms with Crippen molar-refractivity contribution >= 4 is 42.6 Å². The van der Waals surface area contributed by atoms with Gasteiger partial charge in [0.25, 0.3) is 0 Å². The van der Waals surface area contributed by atoms with Crippen LogP contribution < -0.4 is 0 Å². The van der Waals surface area contributed by atoms with Gasteiger partial charge in [-0.3, -0.25) is 0 Å². The quantitative estimate of drug-likeness (QED) is 0.290. The molecule has 98 valence electrons. The summed E-state index contributed by atoms with van der Waals surface area (Å²) in [7, 11) is 2.79. The second-order valence-electron chi connectivity index (χ2n) is 4.74. The zero-order valence-corrected chi connectivity index (χ0v) is 12.4. The molecular formula is C16H8N3S2+. The molecule has 0 bridgehead atoms. The van der Waals surface area contributed by atoms with Crippen molar-refractivity contribution in [3.05, 3.63) is 54.1 Å². The van der Waals surface area contributed by atoms with Crippen molar-refractivity contribution in [2.24, 2.45) is 0 Å². The zero-order valence-electron chi connectivity index (χ0n) is 10.8. The van der Waals surface area contributed by atoms with Crippen LogP contribution >= 0.6 is 21.1 Å². The molecule has 0 aliphatic heterocycles. The summed E-state index contributed by atoms with van der Waals surface area (Å²) < 4.78 is 8.58. The van der Waals surface area contributed by atoms with Crippen molar-refractivity contribution in [2.45, 2.75) is 0 Å². The summed E-state index contributed by atoms with van der Waals surface area (Å²) in [6.07, 6.45) is 0. The molecule has 4 rings (SSSR count). The Labute approximate surface area is 128 Å². The number of hydrogen-bond acceptors (Lipinski definition) is 4. The fourth-order valence-electron chi connectivity index (χ4n) is 2.43. The first kappa shape index (κ1) is 12.3. The number of hydrogen-bond donors (Lipinski definition) is 0. The van der Waals surface area contributed by atoms with Crippen LogP contribution in [0.15, 0.2) is 48.5 Å². The molecular weight excluding hydrogens is 298 g/mol. The molecule has 0 atom stereocenters. The Balaban J connectivity index is 1.96. The van der Waals surface area contributed by atoms with Crippen LogP contribution in [0.3, 0.4) is 0 Å². The van der Waals surface area contributed by atoms with E-state index in [9.17, 15) is 0 Å². The van der Waals surface area contributed by atoms with Crippen molar-refractivity contribution in [3.8, 4) is 17.5 Å². The van der Waals surface area contributed by atoms with Crippen LogP contribution in [-0.4, -0.2) is 8.75 Å². The number of nitriles is 1. The average molecular weight is 306 g/mol. The van der Waals surface area contributed by atoms with E-state index in [-0.39, 0.29) is 0 Å². The Bertz CT molecular complexity index is 1000. The topological polar surface area (TPSA) is 49.6 Å². The summed E-state index contributed by atoms with van der Waals surface area (Å²) in [5.41, 5.74) is 1.72. The fraction of sp³-hybridized carbons (Fsp3) is 0. The maximum Gasteiger partial charge on any atom is 0.462 e. The fourth-order valence-corrected chi connectivity index (χ4v) is 3.61. The summed E-state index contributed by atoms with van der Waals surface area (Å²) >= 11 is 0. The highest BCUT2D eigenvalue weighted by molar-refractivity contribution is 7.64. The molecule has 1 heterocycles. The number of benzene rings is 3. The van der Waals surface area contributed by atoms with E-state index in [1.807, 2.05) is 24.3 Å². The van der Waals surface area contributed by atoms with Gasteiger partial charge in [-0.1, -0.05) is 18.2 Å². The Morgan fingerprint density at radius 3 is 2.38 bits per heavy atom. The molecule has 3 aromatic carbocycles. The Hall–Kier alpha value is -2.42. The third kappa shape index (κ3) is 2.15. The SMILES string of the molecule is N#Cc1ccc2cc3cc(-c4ns[s+]n4)ccc3cc2c1. The van der Waals surface area contributed by atoms with Gasteiger partial charge in [-0.2, -0.15) is 5.26 Å². The molecule has 5 heteroatoms. The van der Waals surface area contributed by atoms with Crippen LogP contribution in [0.5, 0.6) is 0 Å².